The summed E-state index contributed by atoms with van der Waals surface area (Å²) in [5.41, 5.74) is 1.26. The predicted molar refractivity (Wildman–Crippen MR) is 92.9 cm³/mol. The maximum Gasteiger partial charge on any atom is 0.233 e. The standard InChI is InChI=1S/C17H22Cl2N2O/c1-16(12-17(16,18)19)15(22)20-13-8-4-5-9-14(13)21-10-6-2-3-7-11-21/h4-5,8-9H,2-3,6-7,10-12H2,1H3,(H,20,22). The molecular formula is C17H22Cl2N2O. The number of amides is 1. The first-order chi connectivity index (χ1) is 10.4. The molecule has 2 fully saturated rings. The van der Waals surface area contributed by atoms with Gasteiger partial charge in [-0.25, -0.2) is 0 Å². The van der Waals surface area contributed by atoms with E-state index in [0.29, 0.717) is 6.42 Å². The van der Waals surface area contributed by atoms with E-state index in [4.69, 9.17) is 23.2 Å². The number of hydrogen-bond donors (Lipinski definition) is 1. The molecule has 0 bridgehead atoms. The Kier molecular flexibility index (Phi) is 4.30. The highest BCUT2D eigenvalue weighted by Gasteiger charge is 2.67. The lowest BCUT2D eigenvalue weighted by Gasteiger charge is -2.26. The van der Waals surface area contributed by atoms with Crippen molar-refractivity contribution in [2.45, 2.75) is 43.4 Å². The van der Waals surface area contributed by atoms with Crippen LogP contribution in [0.5, 0.6) is 0 Å². The smallest absolute Gasteiger partial charge is 0.233 e. The van der Waals surface area contributed by atoms with E-state index in [0.717, 1.165) is 24.5 Å². The first-order valence-corrected chi connectivity index (χ1v) is 8.73. The number of hydrogen-bond acceptors (Lipinski definition) is 2. The maximum atomic E-state index is 12.5. The summed E-state index contributed by atoms with van der Waals surface area (Å²) in [6.07, 6.45) is 5.47. The van der Waals surface area contributed by atoms with Gasteiger partial charge in [-0.15, -0.1) is 23.2 Å². The van der Waals surface area contributed by atoms with Gasteiger partial charge >= 0.3 is 0 Å². The molecule has 0 aromatic heterocycles. The number of para-hydroxylation sites is 2. The number of anilines is 2. The summed E-state index contributed by atoms with van der Waals surface area (Å²) < 4.78 is -0.936. The molecule has 1 amide bonds. The number of alkyl halides is 2. The van der Waals surface area contributed by atoms with E-state index < -0.39 is 9.75 Å². The van der Waals surface area contributed by atoms with Gasteiger partial charge in [0, 0.05) is 13.1 Å². The number of halogens is 2. The summed E-state index contributed by atoms with van der Waals surface area (Å²) in [6, 6.07) is 7.99. The van der Waals surface area contributed by atoms with Gasteiger partial charge in [0.2, 0.25) is 5.91 Å². The van der Waals surface area contributed by atoms with Crippen molar-refractivity contribution in [3.05, 3.63) is 24.3 Å². The van der Waals surface area contributed by atoms with Crippen LogP contribution in [-0.2, 0) is 4.79 Å². The van der Waals surface area contributed by atoms with E-state index in [1.165, 1.54) is 25.7 Å². The van der Waals surface area contributed by atoms with Crippen molar-refractivity contribution < 1.29 is 4.79 Å². The van der Waals surface area contributed by atoms with Crippen LogP contribution in [0.1, 0.15) is 39.0 Å². The van der Waals surface area contributed by atoms with Gasteiger partial charge < -0.3 is 10.2 Å². The van der Waals surface area contributed by atoms with Crippen LogP contribution in [0.4, 0.5) is 11.4 Å². The minimum absolute atomic E-state index is 0.0974. The van der Waals surface area contributed by atoms with E-state index in [2.05, 4.69) is 16.3 Å². The lowest BCUT2D eigenvalue weighted by atomic mass is 10.1. The minimum atomic E-state index is -0.936. The van der Waals surface area contributed by atoms with Gasteiger partial charge in [-0.3, -0.25) is 4.79 Å². The van der Waals surface area contributed by atoms with Gasteiger partial charge in [0.25, 0.3) is 0 Å². The van der Waals surface area contributed by atoms with Gasteiger partial charge in [0.1, 0.15) is 4.33 Å². The van der Waals surface area contributed by atoms with Crippen LogP contribution in [0.3, 0.4) is 0 Å². The van der Waals surface area contributed by atoms with Crippen molar-refractivity contribution in [2.75, 3.05) is 23.3 Å². The number of rotatable bonds is 3. The zero-order chi connectivity index (χ0) is 15.8. The molecule has 1 aromatic carbocycles. The molecule has 1 saturated carbocycles. The van der Waals surface area contributed by atoms with Gasteiger partial charge in [-0.1, -0.05) is 25.0 Å². The highest BCUT2D eigenvalue weighted by molar-refractivity contribution is 6.53. The molecule has 120 valence electrons. The zero-order valence-electron chi connectivity index (χ0n) is 12.9. The number of nitrogens with one attached hydrogen (secondary N) is 1. The van der Waals surface area contributed by atoms with Crippen LogP contribution in [-0.4, -0.2) is 23.3 Å². The Hall–Kier alpha value is -0.930. The third-order valence-corrected chi connectivity index (χ3v) is 5.96. The lowest BCUT2D eigenvalue weighted by Crippen LogP contribution is -2.29. The van der Waals surface area contributed by atoms with E-state index in [9.17, 15) is 4.79 Å². The molecule has 1 saturated heterocycles. The van der Waals surface area contributed by atoms with Gasteiger partial charge in [0.05, 0.1) is 16.8 Å². The van der Waals surface area contributed by atoms with Crippen LogP contribution in [0.2, 0.25) is 0 Å². The summed E-state index contributed by atoms with van der Waals surface area (Å²) >= 11 is 12.2. The number of carbonyl (C=O) groups excluding carboxylic acids is 1. The summed E-state index contributed by atoms with van der Waals surface area (Å²) in [5, 5.41) is 3.04. The first-order valence-electron chi connectivity index (χ1n) is 7.97. The van der Waals surface area contributed by atoms with Gasteiger partial charge in [-0.05, 0) is 38.3 Å². The summed E-state index contributed by atoms with van der Waals surface area (Å²) in [4.78, 5) is 14.9. The highest BCUT2D eigenvalue weighted by Crippen LogP contribution is 2.64. The Morgan fingerprint density at radius 2 is 1.73 bits per heavy atom. The van der Waals surface area contributed by atoms with Gasteiger partial charge in [-0.2, -0.15) is 0 Å². The normalized spacial score (nSPS) is 27.1. The lowest BCUT2D eigenvalue weighted by molar-refractivity contribution is -0.120. The Morgan fingerprint density at radius 3 is 2.32 bits per heavy atom. The number of benzene rings is 1. The topological polar surface area (TPSA) is 32.3 Å². The van der Waals surface area contributed by atoms with Crippen molar-refractivity contribution in [1.82, 2.24) is 0 Å². The zero-order valence-corrected chi connectivity index (χ0v) is 14.4. The predicted octanol–water partition coefficient (Wildman–Crippen LogP) is 4.59. The molecule has 0 radical (unpaired) electrons. The SMILES string of the molecule is CC1(C(=O)Nc2ccccc2N2CCCCCC2)CC1(Cl)Cl. The average molecular weight is 341 g/mol. The fourth-order valence-electron chi connectivity index (χ4n) is 3.07. The van der Waals surface area contributed by atoms with Crippen LogP contribution in [0.15, 0.2) is 24.3 Å². The summed E-state index contributed by atoms with van der Waals surface area (Å²) in [6.45, 7) is 3.90. The molecule has 0 spiro atoms. The molecule has 2 aliphatic rings. The minimum Gasteiger partial charge on any atom is -0.370 e. The summed E-state index contributed by atoms with van der Waals surface area (Å²) in [7, 11) is 0. The largest absolute Gasteiger partial charge is 0.370 e. The molecule has 1 heterocycles. The number of carbonyl (C=O) groups is 1. The quantitative estimate of drug-likeness (QED) is 0.816. The van der Waals surface area contributed by atoms with E-state index in [1.54, 1.807) is 0 Å². The molecule has 1 aliphatic carbocycles. The highest BCUT2D eigenvalue weighted by atomic mass is 35.5. The Morgan fingerprint density at radius 1 is 1.14 bits per heavy atom. The Labute approximate surface area is 142 Å². The molecule has 1 N–H and O–H groups in total. The van der Waals surface area contributed by atoms with E-state index in [-0.39, 0.29) is 5.91 Å². The van der Waals surface area contributed by atoms with Crippen LogP contribution >= 0.6 is 23.2 Å². The Balaban J connectivity index is 1.78. The van der Waals surface area contributed by atoms with E-state index in [1.807, 2.05) is 25.1 Å². The molecule has 5 heteroatoms. The molecule has 3 rings (SSSR count). The van der Waals surface area contributed by atoms with Crippen LogP contribution in [0, 0.1) is 5.41 Å². The van der Waals surface area contributed by atoms with E-state index >= 15 is 0 Å². The third kappa shape index (κ3) is 2.93. The maximum absolute atomic E-state index is 12.5. The summed E-state index contributed by atoms with van der Waals surface area (Å²) in [5.74, 6) is -0.0974. The van der Waals surface area contributed by atoms with Crippen molar-refractivity contribution in [3.8, 4) is 0 Å². The fourth-order valence-corrected chi connectivity index (χ4v) is 3.78. The first kappa shape index (κ1) is 15.9. The van der Waals surface area contributed by atoms with Crippen molar-refractivity contribution in [3.63, 3.8) is 0 Å². The molecular weight excluding hydrogens is 319 g/mol. The Bertz CT molecular complexity index is 568. The third-order valence-electron chi connectivity index (χ3n) is 4.86. The molecule has 1 aromatic rings. The second-order valence-electron chi connectivity index (χ2n) is 6.59. The van der Waals surface area contributed by atoms with Gasteiger partial charge in [0.15, 0.2) is 0 Å². The molecule has 1 aliphatic heterocycles. The second kappa shape index (κ2) is 5.93. The average Bonchev–Trinajstić information content (AvgIpc) is 3.11. The van der Waals surface area contributed by atoms with Crippen LogP contribution in [0.25, 0.3) is 0 Å². The van der Waals surface area contributed by atoms with Crippen molar-refractivity contribution in [1.29, 1.82) is 0 Å². The van der Waals surface area contributed by atoms with Crippen LogP contribution < -0.4 is 10.2 Å². The van der Waals surface area contributed by atoms with Crippen molar-refractivity contribution >= 4 is 40.5 Å². The monoisotopic (exact) mass is 340 g/mol. The fraction of sp³-hybridized carbons (Fsp3) is 0.588. The van der Waals surface area contributed by atoms with Crippen molar-refractivity contribution in [2.24, 2.45) is 5.41 Å². The molecule has 3 nitrogen and oxygen atoms in total. The molecule has 1 unspecified atom stereocenters. The molecule has 1 atom stereocenters. The second-order valence-corrected chi connectivity index (χ2v) is 8.07. The number of nitrogens with zero attached hydrogens (tertiary/aromatic N) is 1. The molecule has 22 heavy (non-hydrogen) atoms.